The number of aliphatic hydroxyl groups excluding tert-OH is 1. The average molecular weight is 301 g/mol. The van der Waals surface area contributed by atoms with E-state index in [0.717, 1.165) is 0 Å². The van der Waals surface area contributed by atoms with E-state index in [4.69, 9.17) is 4.74 Å². The molecular formula is C14H21FNO3P. The van der Waals surface area contributed by atoms with Gasteiger partial charge in [-0.1, -0.05) is 6.07 Å². The van der Waals surface area contributed by atoms with Crippen molar-refractivity contribution in [1.82, 2.24) is 5.32 Å². The average Bonchev–Trinajstić information content (AvgIpc) is 2.30. The van der Waals surface area contributed by atoms with Gasteiger partial charge < -0.3 is 15.2 Å². The molecule has 0 aliphatic heterocycles. The highest BCUT2D eigenvalue weighted by Crippen LogP contribution is 2.16. The minimum absolute atomic E-state index is 0.277. The number of aliphatic hydroxyl groups is 1. The number of rotatable bonds is 4. The zero-order chi connectivity index (χ0) is 15.3. The van der Waals surface area contributed by atoms with Crippen molar-refractivity contribution in [1.29, 1.82) is 0 Å². The molecule has 0 saturated carbocycles. The van der Waals surface area contributed by atoms with Crippen molar-refractivity contribution in [3.63, 3.8) is 0 Å². The fourth-order valence-corrected chi connectivity index (χ4v) is 1.85. The van der Waals surface area contributed by atoms with E-state index < -0.39 is 17.8 Å². The van der Waals surface area contributed by atoms with E-state index in [1.165, 1.54) is 12.1 Å². The zero-order valence-electron chi connectivity index (χ0n) is 11.9. The van der Waals surface area contributed by atoms with Crippen molar-refractivity contribution >= 4 is 20.6 Å². The quantitative estimate of drug-likeness (QED) is 0.839. The van der Waals surface area contributed by atoms with E-state index in [2.05, 4.69) is 14.6 Å². The molecular weight excluding hydrogens is 280 g/mol. The van der Waals surface area contributed by atoms with Crippen molar-refractivity contribution < 1.29 is 19.0 Å². The lowest BCUT2D eigenvalue weighted by molar-refractivity contribution is 0.0518. The van der Waals surface area contributed by atoms with Crippen molar-refractivity contribution in [2.24, 2.45) is 0 Å². The van der Waals surface area contributed by atoms with Gasteiger partial charge in [0.05, 0.1) is 6.10 Å². The number of benzene rings is 1. The van der Waals surface area contributed by atoms with Crippen LogP contribution >= 0.6 is 9.24 Å². The van der Waals surface area contributed by atoms with E-state index in [-0.39, 0.29) is 12.4 Å². The van der Waals surface area contributed by atoms with Gasteiger partial charge in [0, 0.05) is 11.8 Å². The Hall–Kier alpha value is -1.19. The Bertz CT molecular complexity index is 474. The molecule has 20 heavy (non-hydrogen) atoms. The molecule has 2 atom stereocenters. The molecule has 6 heteroatoms. The van der Waals surface area contributed by atoms with Gasteiger partial charge in [-0.2, -0.15) is 0 Å². The number of carbonyl (C=O) groups is 1. The van der Waals surface area contributed by atoms with Gasteiger partial charge in [0.15, 0.2) is 0 Å². The Kier molecular flexibility index (Phi) is 5.90. The SMILES string of the molecule is CC(C)(C)OC(=O)NCCC(O)c1ccc(F)c(P)c1. The molecule has 0 aromatic heterocycles. The van der Waals surface area contributed by atoms with Crippen LogP contribution in [-0.4, -0.2) is 23.3 Å². The van der Waals surface area contributed by atoms with Crippen molar-refractivity contribution in [2.75, 3.05) is 6.54 Å². The van der Waals surface area contributed by atoms with Gasteiger partial charge in [0.1, 0.15) is 11.4 Å². The summed E-state index contributed by atoms with van der Waals surface area (Å²) in [5.41, 5.74) is 0.0657. The summed E-state index contributed by atoms with van der Waals surface area (Å²) in [6, 6.07) is 4.40. The number of nitrogens with one attached hydrogen (secondary N) is 1. The van der Waals surface area contributed by atoms with Gasteiger partial charge in [-0.3, -0.25) is 0 Å². The molecule has 2 unspecified atom stereocenters. The van der Waals surface area contributed by atoms with Crippen LogP contribution in [0.4, 0.5) is 9.18 Å². The molecule has 112 valence electrons. The molecule has 0 bridgehead atoms. The first-order chi connectivity index (χ1) is 9.19. The van der Waals surface area contributed by atoms with Crippen molar-refractivity contribution in [2.45, 2.75) is 38.9 Å². The van der Waals surface area contributed by atoms with Crippen LogP contribution in [0.1, 0.15) is 38.9 Å². The minimum atomic E-state index is -0.759. The van der Waals surface area contributed by atoms with Gasteiger partial charge in [0.2, 0.25) is 0 Å². The minimum Gasteiger partial charge on any atom is -0.444 e. The summed E-state index contributed by atoms with van der Waals surface area (Å²) in [7, 11) is 2.27. The second kappa shape index (κ2) is 7.00. The summed E-state index contributed by atoms with van der Waals surface area (Å²) in [5, 5.41) is 12.9. The number of hydrogen-bond acceptors (Lipinski definition) is 3. The Morgan fingerprint density at radius 2 is 2.15 bits per heavy atom. The van der Waals surface area contributed by atoms with Crippen LogP contribution in [0.2, 0.25) is 0 Å². The number of carbonyl (C=O) groups excluding carboxylic acids is 1. The largest absolute Gasteiger partial charge is 0.444 e. The monoisotopic (exact) mass is 301 g/mol. The third kappa shape index (κ3) is 5.85. The van der Waals surface area contributed by atoms with Crippen LogP contribution in [0.15, 0.2) is 18.2 Å². The fourth-order valence-electron chi connectivity index (χ4n) is 1.56. The maximum atomic E-state index is 13.1. The first-order valence-electron chi connectivity index (χ1n) is 6.39. The van der Waals surface area contributed by atoms with Crippen LogP contribution in [0, 0.1) is 5.82 Å². The molecule has 1 aromatic rings. The normalized spacial score (nSPS) is 12.9. The Morgan fingerprint density at radius 3 is 2.70 bits per heavy atom. The molecule has 0 spiro atoms. The maximum absolute atomic E-state index is 13.1. The highest BCUT2D eigenvalue weighted by Gasteiger charge is 2.16. The number of hydrogen-bond donors (Lipinski definition) is 2. The predicted molar refractivity (Wildman–Crippen MR) is 79.6 cm³/mol. The molecule has 1 aromatic carbocycles. The molecule has 0 radical (unpaired) electrons. The summed E-state index contributed by atoms with van der Waals surface area (Å²) in [6.45, 7) is 5.61. The smallest absolute Gasteiger partial charge is 0.407 e. The first kappa shape index (κ1) is 16.9. The zero-order valence-corrected chi connectivity index (χ0v) is 13.1. The fraction of sp³-hybridized carbons (Fsp3) is 0.500. The summed E-state index contributed by atoms with van der Waals surface area (Å²) in [4.78, 5) is 11.4. The second-order valence-electron chi connectivity index (χ2n) is 5.51. The molecule has 1 rings (SSSR count). The van der Waals surface area contributed by atoms with Gasteiger partial charge in [0.25, 0.3) is 0 Å². The van der Waals surface area contributed by atoms with Gasteiger partial charge in [-0.05, 0) is 44.9 Å². The third-order valence-corrected chi connectivity index (χ3v) is 2.93. The van der Waals surface area contributed by atoms with E-state index in [0.29, 0.717) is 17.3 Å². The molecule has 1 amide bonds. The standard InChI is InChI=1S/C14H21FNO3P/c1-14(2,3)19-13(18)16-7-6-11(17)9-4-5-10(15)12(20)8-9/h4-5,8,11,17H,6-7,20H2,1-3H3,(H,16,18). The summed E-state index contributed by atoms with van der Waals surface area (Å²) in [5.74, 6) is -0.335. The summed E-state index contributed by atoms with van der Waals surface area (Å²) >= 11 is 0. The van der Waals surface area contributed by atoms with Crippen molar-refractivity contribution in [3.05, 3.63) is 29.6 Å². The molecule has 0 heterocycles. The van der Waals surface area contributed by atoms with E-state index in [9.17, 15) is 14.3 Å². The Labute approximate surface area is 120 Å². The Morgan fingerprint density at radius 1 is 1.50 bits per heavy atom. The van der Waals surface area contributed by atoms with Gasteiger partial charge in [-0.15, -0.1) is 9.24 Å². The number of alkyl carbamates (subject to hydrolysis) is 1. The summed E-state index contributed by atoms with van der Waals surface area (Å²) in [6.07, 6.45) is -0.949. The third-order valence-electron chi connectivity index (χ3n) is 2.49. The lowest BCUT2D eigenvalue weighted by atomic mass is 10.1. The maximum Gasteiger partial charge on any atom is 0.407 e. The summed E-state index contributed by atoms with van der Waals surface area (Å²) < 4.78 is 18.2. The first-order valence-corrected chi connectivity index (χ1v) is 6.96. The van der Waals surface area contributed by atoms with Crippen molar-refractivity contribution in [3.8, 4) is 0 Å². The van der Waals surface area contributed by atoms with Crippen LogP contribution in [0.5, 0.6) is 0 Å². The predicted octanol–water partition coefficient (Wildman–Crippen LogP) is 2.27. The van der Waals surface area contributed by atoms with Crippen LogP contribution < -0.4 is 10.6 Å². The molecule has 0 aliphatic carbocycles. The molecule has 0 saturated heterocycles. The van der Waals surface area contributed by atoms with Crippen LogP contribution in [-0.2, 0) is 4.74 Å². The molecule has 2 N–H and O–H groups in total. The molecule has 4 nitrogen and oxygen atoms in total. The number of halogens is 1. The Balaban J connectivity index is 2.42. The number of ether oxygens (including phenoxy) is 1. The lowest BCUT2D eigenvalue weighted by Crippen LogP contribution is -2.33. The van der Waals surface area contributed by atoms with Crippen LogP contribution in [0.3, 0.4) is 0 Å². The second-order valence-corrected chi connectivity index (χ2v) is 6.14. The van der Waals surface area contributed by atoms with E-state index in [1.54, 1.807) is 26.8 Å². The van der Waals surface area contributed by atoms with Gasteiger partial charge >= 0.3 is 6.09 Å². The highest BCUT2D eigenvalue weighted by molar-refractivity contribution is 7.27. The van der Waals surface area contributed by atoms with E-state index >= 15 is 0 Å². The topological polar surface area (TPSA) is 58.6 Å². The molecule has 0 fully saturated rings. The van der Waals surface area contributed by atoms with Crippen LogP contribution in [0.25, 0.3) is 0 Å². The number of amides is 1. The highest BCUT2D eigenvalue weighted by atomic mass is 31.0. The molecule has 0 aliphatic rings. The van der Waals surface area contributed by atoms with E-state index in [1.807, 2.05) is 0 Å². The van der Waals surface area contributed by atoms with Gasteiger partial charge in [-0.25, -0.2) is 9.18 Å². The lowest BCUT2D eigenvalue weighted by Gasteiger charge is -2.20.